The van der Waals surface area contributed by atoms with Gasteiger partial charge in [-0.2, -0.15) is 0 Å². The summed E-state index contributed by atoms with van der Waals surface area (Å²) in [6, 6.07) is 6.23. The van der Waals surface area contributed by atoms with Gasteiger partial charge in [0.2, 0.25) is 0 Å². The molecule has 3 rings (SSSR count). The Morgan fingerprint density at radius 3 is 2.59 bits per heavy atom. The van der Waals surface area contributed by atoms with Gasteiger partial charge in [-0.1, -0.05) is 11.6 Å². The van der Waals surface area contributed by atoms with Crippen molar-refractivity contribution in [1.82, 2.24) is 10.2 Å². The monoisotopic (exact) mass is 342 g/mol. The Labute approximate surface area is 143 Å². The van der Waals surface area contributed by atoms with Gasteiger partial charge in [0, 0.05) is 29.7 Å². The smallest absolute Gasteiger partial charge is 0.253 e. The molecule has 5 heteroatoms. The summed E-state index contributed by atoms with van der Waals surface area (Å²) in [5, 5.41) is 4.32. The minimum absolute atomic E-state index is 0. The first-order valence-electron chi connectivity index (χ1n) is 7.94. The molecule has 1 aromatic carbocycles. The zero-order valence-electron chi connectivity index (χ0n) is 13.0. The predicted molar refractivity (Wildman–Crippen MR) is 93.1 cm³/mol. The maximum absolute atomic E-state index is 12.6. The lowest BCUT2D eigenvalue weighted by atomic mass is 9.88. The second-order valence-electron chi connectivity index (χ2n) is 6.30. The van der Waals surface area contributed by atoms with Crippen LogP contribution in [0.1, 0.15) is 41.6 Å². The third kappa shape index (κ3) is 3.76. The molecule has 1 amide bonds. The second kappa shape index (κ2) is 7.67. The summed E-state index contributed by atoms with van der Waals surface area (Å²) in [5.41, 5.74) is 1.72. The molecule has 0 radical (unpaired) electrons. The number of carbonyl (C=O) groups is 1. The summed E-state index contributed by atoms with van der Waals surface area (Å²) < 4.78 is 0. The molecule has 3 nitrogen and oxygen atoms in total. The fourth-order valence-corrected chi connectivity index (χ4v) is 3.70. The van der Waals surface area contributed by atoms with Gasteiger partial charge in [0.25, 0.3) is 5.91 Å². The average molecular weight is 343 g/mol. The van der Waals surface area contributed by atoms with Crippen LogP contribution in [0, 0.1) is 12.8 Å². The first kappa shape index (κ1) is 17.6. The van der Waals surface area contributed by atoms with Gasteiger partial charge in [-0.3, -0.25) is 4.79 Å². The number of halogens is 2. The van der Waals surface area contributed by atoms with Crippen LogP contribution >= 0.6 is 24.0 Å². The van der Waals surface area contributed by atoms with Gasteiger partial charge in [0.1, 0.15) is 0 Å². The van der Waals surface area contributed by atoms with Crippen LogP contribution < -0.4 is 5.32 Å². The number of piperidine rings is 1. The highest BCUT2D eigenvalue weighted by atomic mass is 35.5. The average Bonchev–Trinajstić information content (AvgIpc) is 3.04. The predicted octanol–water partition coefficient (Wildman–Crippen LogP) is 3.67. The number of nitrogens with one attached hydrogen (secondary N) is 1. The van der Waals surface area contributed by atoms with Gasteiger partial charge in [-0.15, -0.1) is 12.4 Å². The Morgan fingerprint density at radius 2 is 2.00 bits per heavy atom. The molecule has 0 saturated carbocycles. The summed E-state index contributed by atoms with van der Waals surface area (Å²) in [7, 11) is 0. The molecule has 1 atom stereocenters. The SMILES string of the molecule is Cc1cc(C(=O)N2CCC(C3CCCN3)CC2)ccc1Cl.Cl. The van der Waals surface area contributed by atoms with E-state index >= 15 is 0 Å². The highest BCUT2D eigenvalue weighted by molar-refractivity contribution is 6.31. The molecule has 2 aliphatic heterocycles. The number of amides is 1. The molecule has 2 saturated heterocycles. The fourth-order valence-electron chi connectivity index (χ4n) is 3.58. The van der Waals surface area contributed by atoms with Crippen molar-refractivity contribution in [2.75, 3.05) is 19.6 Å². The van der Waals surface area contributed by atoms with Gasteiger partial charge in [0.05, 0.1) is 0 Å². The molecule has 2 fully saturated rings. The zero-order chi connectivity index (χ0) is 14.8. The van der Waals surface area contributed by atoms with Gasteiger partial charge in [0.15, 0.2) is 0 Å². The van der Waals surface area contributed by atoms with Crippen LogP contribution in [0.2, 0.25) is 5.02 Å². The van der Waals surface area contributed by atoms with Crippen molar-refractivity contribution in [3.63, 3.8) is 0 Å². The number of rotatable bonds is 2. The van der Waals surface area contributed by atoms with E-state index < -0.39 is 0 Å². The van der Waals surface area contributed by atoms with E-state index in [1.807, 2.05) is 30.0 Å². The van der Waals surface area contributed by atoms with Crippen molar-refractivity contribution in [3.05, 3.63) is 34.3 Å². The van der Waals surface area contributed by atoms with E-state index in [1.54, 1.807) is 0 Å². The van der Waals surface area contributed by atoms with Crippen LogP contribution in [0.15, 0.2) is 18.2 Å². The van der Waals surface area contributed by atoms with E-state index in [4.69, 9.17) is 11.6 Å². The van der Waals surface area contributed by atoms with Crippen molar-refractivity contribution in [2.45, 2.75) is 38.6 Å². The summed E-state index contributed by atoms with van der Waals surface area (Å²) >= 11 is 6.03. The van der Waals surface area contributed by atoms with Gasteiger partial charge in [-0.05, 0) is 68.8 Å². The summed E-state index contributed by atoms with van der Waals surface area (Å²) in [5.74, 6) is 0.885. The van der Waals surface area contributed by atoms with E-state index in [0.29, 0.717) is 6.04 Å². The highest BCUT2D eigenvalue weighted by Crippen LogP contribution is 2.26. The summed E-state index contributed by atoms with van der Waals surface area (Å²) in [4.78, 5) is 14.6. The van der Waals surface area contributed by atoms with Crippen molar-refractivity contribution < 1.29 is 4.79 Å². The number of carbonyl (C=O) groups excluding carboxylic acids is 1. The lowest BCUT2D eigenvalue weighted by Crippen LogP contribution is -2.43. The molecule has 1 unspecified atom stereocenters. The van der Waals surface area contributed by atoms with Gasteiger partial charge >= 0.3 is 0 Å². The standard InChI is InChI=1S/C17H23ClN2O.ClH/c1-12-11-14(4-5-15(12)18)17(21)20-9-6-13(7-10-20)16-3-2-8-19-16;/h4-5,11,13,16,19H,2-3,6-10H2,1H3;1H. The maximum atomic E-state index is 12.6. The number of aryl methyl sites for hydroxylation is 1. The molecule has 0 spiro atoms. The van der Waals surface area contributed by atoms with Crippen LogP contribution in [-0.2, 0) is 0 Å². The van der Waals surface area contributed by atoms with E-state index in [0.717, 1.165) is 54.5 Å². The van der Waals surface area contributed by atoms with E-state index in [-0.39, 0.29) is 18.3 Å². The third-order valence-electron chi connectivity index (χ3n) is 4.90. The molecule has 0 aromatic heterocycles. The van der Waals surface area contributed by atoms with Crippen LogP contribution in [0.25, 0.3) is 0 Å². The summed E-state index contributed by atoms with van der Waals surface area (Å²) in [6.07, 6.45) is 4.84. The molecule has 0 aliphatic carbocycles. The molecule has 2 aliphatic rings. The Morgan fingerprint density at radius 1 is 1.27 bits per heavy atom. The molecule has 0 bridgehead atoms. The molecule has 1 aromatic rings. The Balaban J connectivity index is 0.00000176. The minimum Gasteiger partial charge on any atom is -0.339 e. The van der Waals surface area contributed by atoms with E-state index in [9.17, 15) is 4.79 Å². The molecule has 2 heterocycles. The van der Waals surface area contributed by atoms with Crippen molar-refractivity contribution in [2.24, 2.45) is 5.92 Å². The third-order valence-corrected chi connectivity index (χ3v) is 5.32. The first-order chi connectivity index (χ1) is 10.1. The molecular weight excluding hydrogens is 319 g/mol. The number of benzene rings is 1. The van der Waals surface area contributed by atoms with Crippen molar-refractivity contribution in [3.8, 4) is 0 Å². The van der Waals surface area contributed by atoms with E-state index in [2.05, 4.69) is 5.32 Å². The van der Waals surface area contributed by atoms with Crippen molar-refractivity contribution in [1.29, 1.82) is 0 Å². The normalized spacial score (nSPS) is 22.5. The quantitative estimate of drug-likeness (QED) is 0.889. The van der Waals surface area contributed by atoms with Crippen LogP contribution in [0.3, 0.4) is 0 Å². The van der Waals surface area contributed by atoms with Crippen LogP contribution in [0.4, 0.5) is 0 Å². The minimum atomic E-state index is 0. The van der Waals surface area contributed by atoms with Crippen LogP contribution in [0.5, 0.6) is 0 Å². The molecule has 122 valence electrons. The van der Waals surface area contributed by atoms with Crippen molar-refractivity contribution >= 4 is 29.9 Å². The molecule has 1 N–H and O–H groups in total. The van der Waals surface area contributed by atoms with Crippen LogP contribution in [-0.4, -0.2) is 36.5 Å². The van der Waals surface area contributed by atoms with Gasteiger partial charge < -0.3 is 10.2 Å². The number of nitrogens with zero attached hydrogens (tertiary/aromatic N) is 1. The van der Waals surface area contributed by atoms with Gasteiger partial charge in [-0.25, -0.2) is 0 Å². The maximum Gasteiger partial charge on any atom is 0.253 e. The largest absolute Gasteiger partial charge is 0.339 e. The first-order valence-corrected chi connectivity index (χ1v) is 8.32. The Bertz CT molecular complexity index is 521. The van der Waals surface area contributed by atoms with E-state index in [1.165, 1.54) is 12.8 Å². The summed E-state index contributed by atoms with van der Waals surface area (Å²) in [6.45, 7) is 4.86. The Kier molecular flexibility index (Phi) is 6.13. The molecule has 22 heavy (non-hydrogen) atoms. The number of hydrogen-bond acceptors (Lipinski definition) is 2. The number of likely N-dealkylation sites (tertiary alicyclic amines) is 1. The second-order valence-corrected chi connectivity index (χ2v) is 6.70. The zero-order valence-corrected chi connectivity index (χ0v) is 14.6. The lowest BCUT2D eigenvalue weighted by Gasteiger charge is -2.35. The lowest BCUT2D eigenvalue weighted by molar-refractivity contribution is 0.0674. The Hall–Kier alpha value is -0.770. The molecular formula is C17H24Cl2N2O. The topological polar surface area (TPSA) is 32.3 Å². The highest BCUT2D eigenvalue weighted by Gasteiger charge is 2.30. The fraction of sp³-hybridized carbons (Fsp3) is 0.588. The number of hydrogen-bond donors (Lipinski definition) is 1.